The number of hydrogen-bond acceptors (Lipinski definition) is 5. The SMILES string of the molecule is COc1ccc(Br)c(NCc2cc(C(=O)O)no2)c1. The molecule has 0 radical (unpaired) electrons. The Balaban J connectivity index is 2.07. The van der Waals surface area contributed by atoms with Crippen LogP contribution in [0, 0.1) is 0 Å². The van der Waals surface area contributed by atoms with E-state index in [1.807, 2.05) is 18.2 Å². The fraction of sp³-hybridized carbons (Fsp3) is 0.167. The number of hydrogen-bond donors (Lipinski definition) is 2. The van der Waals surface area contributed by atoms with Gasteiger partial charge in [0.25, 0.3) is 0 Å². The van der Waals surface area contributed by atoms with Gasteiger partial charge in [0.2, 0.25) is 0 Å². The summed E-state index contributed by atoms with van der Waals surface area (Å²) in [6.07, 6.45) is 0. The number of halogens is 1. The lowest BCUT2D eigenvalue weighted by atomic mass is 10.3. The first-order valence-electron chi connectivity index (χ1n) is 5.36. The molecule has 19 heavy (non-hydrogen) atoms. The molecule has 0 aliphatic rings. The first-order valence-corrected chi connectivity index (χ1v) is 6.15. The number of benzene rings is 1. The van der Waals surface area contributed by atoms with Gasteiger partial charge in [-0.1, -0.05) is 5.16 Å². The third-order valence-electron chi connectivity index (χ3n) is 2.40. The van der Waals surface area contributed by atoms with Gasteiger partial charge in [-0.2, -0.15) is 0 Å². The Hall–Kier alpha value is -2.02. The molecule has 100 valence electrons. The standard InChI is InChI=1S/C12H11BrN2O4/c1-18-7-2-3-9(13)10(4-7)14-6-8-5-11(12(16)17)15-19-8/h2-5,14H,6H2,1H3,(H,16,17). The van der Waals surface area contributed by atoms with Gasteiger partial charge >= 0.3 is 5.97 Å². The Labute approximate surface area is 117 Å². The molecular formula is C12H11BrN2O4. The Morgan fingerprint density at radius 2 is 2.32 bits per heavy atom. The van der Waals surface area contributed by atoms with E-state index >= 15 is 0 Å². The molecule has 0 spiro atoms. The van der Waals surface area contributed by atoms with Crippen molar-refractivity contribution in [2.24, 2.45) is 0 Å². The van der Waals surface area contributed by atoms with Gasteiger partial charge in [-0.3, -0.25) is 0 Å². The summed E-state index contributed by atoms with van der Waals surface area (Å²) in [6, 6.07) is 6.87. The molecule has 0 amide bonds. The number of ether oxygens (including phenoxy) is 1. The molecule has 0 fully saturated rings. The minimum absolute atomic E-state index is 0.110. The molecule has 0 atom stereocenters. The quantitative estimate of drug-likeness (QED) is 0.878. The van der Waals surface area contributed by atoms with Crippen molar-refractivity contribution >= 4 is 27.6 Å². The number of nitrogens with one attached hydrogen (secondary N) is 1. The minimum Gasteiger partial charge on any atom is -0.497 e. The molecule has 2 rings (SSSR count). The maximum Gasteiger partial charge on any atom is 0.358 e. The van der Waals surface area contributed by atoms with Crippen LogP contribution in [0.2, 0.25) is 0 Å². The van der Waals surface area contributed by atoms with E-state index in [0.717, 1.165) is 15.9 Å². The number of carbonyl (C=O) groups is 1. The zero-order valence-corrected chi connectivity index (χ0v) is 11.6. The second-order valence-corrected chi connectivity index (χ2v) is 4.54. The number of aromatic carboxylic acids is 1. The van der Waals surface area contributed by atoms with Crippen molar-refractivity contribution < 1.29 is 19.2 Å². The third-order valence-corrected chi connectivity index (χ3v) is 3.10. The van der Waals surface area contributed by atoms with Crippen LogP contribution in [0.15, 0.2) is 33.3 Å². The van der Waals surface area contributed by atoms with E-state index < -0.39 is 5.97 Å². The first-order chi connectivity index (χ1) is 9.10. The number of anilines is 1. The summed E-state index contributed by atoms with van der Waals surface area (Å²) >= 11 is 3.40. The molecule has 0 saturated carbocycles. The smallest absolute Gasteiger partial charge is 0.358 e. The molecule has 0 bridgehead atoms. The zero-order chi connectivity index (χ0) is 13.8. The Morgan fingerprint density at radius 1 is 1.53 bits per heavy atom. The molecule has 1 aromatic heterocycles. The van der Waals surface area contributed by atoms with Gasteiger partial charge in [-0.05, 0) is 28.1 Å². The molecule has 0 aliphatic heterocycles. The Bertz CT molecular complexity index is 597. The van der Waals surface area contributed by atoms with Crippen LogP contribution >= 0.6 is 15.9 Å². The highest BCUT2D eigenvalue weighted by atomic mass is 79.9. The topological polar surface area (TPSA) is 84.6 Å². The first kappa shape index (κ1) is 13.4. The number of methoxy groups -OCH3 is 1. The van der Waals surface area contributed by atoms with E-state index in [1.165, 1.54) is 6.07 Å². The average molecular weight is 327 g/mol. The number of carboxylic acid groups (broad SMARTS) is 1. The highest BCUT2D eigenvalue weighted by molar-refractivity contribution is 9.10. The lowest BCUT2D eigenvalue weighted by molar-refractivity contribution is 0.0685. The Kier molecular flexibility index (Phi) is 4.06. The Morgan fingerprint density at radius 3 is 2.95 bits per heavy atom. The van der Waals surface area contributed by atoms with Crippen molar-refractivity contribution in [1.82, 2.24) is 5.16 Å². The molecular weight excluding hydrogens is 316 g/mol. The van der Waals surface area contributed by atoms with E-state index in [-0.39, 0.29) is 5.69 Å². The molecule has 2 aromatic rings. The highest BCUT2D eigenvalue weighted by Crippen LogP contribution is 2.27. The van der Waals surface area contributed by atoms with E-state index in [0.29, 0.717) is 12.3 Å². The van der Waals surface area contributed by atoms with Crippen LogP contribution in [-0.4, -0.2) is 23.3 Å². The van der Waals surface area contributed by atoms with E-state index in [1.54, 1.807) is 7.11 Å². The number of rotatable bonds is 5. The van der Waals surface area contributed by atoms with Crippen molar-refractivity contribution in [2.75, 3.05) is 12.4 Å². The van der Waals surface area contributed by atoms with Crippen molar-refractivity contribution in [1.29, 1.82) is 0 Å². The number of aromatic nitrogens is 1. The highest BCUT2D eigenvalue weighted by Gasteiger charge is 2.11. The monoisotopic (exact) mass is 326 g/mol. The van der Waals surface area contributed by atoms with Crippen LogP contribution in [0.5, 0.6) is 5.75 Å². The second kappa shape index (κ2) is 5.75. The predicted octanol–water partition coefficient (Wildman–Crippen LogP) is 2.76. The zero-order valence-electron chi connectivity index (χ0n) is 10.0. The number of carboxylic acids is 1. The largest absolute Gasteiger partial charge is 0.497 e. The molecule has 1 aromatic carbocycles. The maximum atomic E-state index is 10.7. The summed E-state index contributed by atoms with van der Waals surface area (Å²) < 4.78 is 10.9. The predicted molar refractivity (Wildman–Crippen MR) is 71.5 cm³/mol. The van der Waals surface area contributed by atoms with Crippen molar-refractivity contribution in [3.8, 4) is 5.75 Å². The van der Waals surface area contributed by atoms with Gasteiger partial charge in [-0.15, -0.1) is 0 Å². The molecule has 1 heterocycles. The normalized spacial score (nSPS) is 10.2. The minimum atomic E-state index is -1.11. The van der Waals surface area contributed by atoms with Crippen molar-refractivity contribution in [3.05, 3.63) is 40.2 Å². The molecule has 0 saturated heterocycles. The van der Waals surface area contributed by atoms with Gasteiger partial charge in [0.05, 0.1) is 19.3 Å². The summed E-state index contributed by atoms with van der Waals surface area (Å²) in [7, 11) is 1.59. The van der Waals surface area contributed by atoms with Gasteiger partial charge < -0.3 is 19.7 Å². The second-order valence-electron chi connectivity index (χ2n) is 3.68. The van der Waals surface area contributed by atoms with Crippen molar-refractivity contribution in [2.45, 2.75) is 6.54 Å². The van der Waals surface area contributed by atoms with Crippen LogP contribution in [-0.2, 0) is 6.54 Å². The number of nitrogens with zero attached hydrogens (tertiary/aromatic N) is 1. The van der Waals surface area contributed by atoms with E-state index in [2.05, 4.69) is 26.4 Å². The molecule has 0 aliphatic carbocycles. The van der Waals surface area contributed by atoms with Gasteiger partial charge in [0.1, 0.15) is 5.75 Å². The van der Waals surface area contributed by atoms with E-state index in [9.17, 15) is 4.79 Å². The van der Waals surface area contributed by atoms with Crippen LogP contribution in [0.3, 0.4) is 0 Å². The van der Waals surface area contributed by atoms with Crippen LogP contribution in [0.4, 0.5) is 5.69 Å². The summed E-state index contributed by atoms with van der Waals surface area (Å²) in [5, 5.41) is 15.3. The van der Waals surface area contributed by atoms with Gasteiger partial charge in [0.15, 0.2) is 11.5 Å². The average Bonchev–Trinajstić information content (AvgIpc) is 2.87. The molecule has 2 N–H and O–H groups in total. The third kappa shape index (κ3) is 3.25. The lowest BCUT2D eigenvalue weighted by Gasteiger charge is -2.08. The summed E-state index contributed by atoms with van der Waals surface area (Å²) in [5.74, 6) is 0.0409. The fourth-order valence-electron chi connectivity index (χ4n) is 1.45. The molecule has 0 unspecified atom stereocenters. The van der Waals surface area contributed by atoms with Gasteiger partial charge in [0, 0.05) is 16.6 Å². The summed E-state index contributed by atoms with van der Waals surface area (Å²) in [5.41, 5.74) is 0.703. The molecule has 6 nitrogen and oxygen atoms in total. The summed E-state index contributed by atoms with van der Waals surface area (Å²) in [6.45, 7) is 0.325. The summed E-state index contributed by atoms with van der Waals surface area (Å²) in [4.78, 5) is 10.7. The fourth-order valence-corrected chi connectivity index (χ4v) is 1.83. The van der Waals surface area contributed by atoms with Gasteiger partial charge in [-0.25, -0.2) is 4.79 Å². The lowest BCUT2D eigenvalue weighted by Crippen LogP contribution is -1.99. The van der Waals surface area contributed by atoms with Crippen molar-refractivity contribution in [3.63, 3.8) is 0 Å². The maximum absolute atomic E-state index is 10.7. The van der Waals surface area contributed by atoms with Crippen LogP contribution < -0.4 is 10.1 Å². The van der Waals surface area contributed by atoms with Crippen LogP contribution in [0.25, 0.3) is 0 Å². The van der Waals surface area contributed by atoms with E-state index in [4.69, 9.17) is 14.4 Å². The van der Waals surface area contributed by atoms with Crippen LogP contribution in [0.1, 0.15) is 16.2 Å². The molecule has 7 heteroatoms.